The molecular weight excluding hydrogens is 260 g/mol. The number of rotatable bonds is 16. The van der Waals surface area contributed by atoms with Crippen molar-refractivity contribution in [3.63, 3.8) is 0 Å². The molecule has 0 aromatic carbocycles. The molecule has 0 aliphatic carbocycles. The molecule has 0 bridgehead atoms. The molecule has 0 unspecified atom stereocenters. The molecule has 121 valence electrons. The zero-order valence-electron chi connectivity index (χ0n) is 14.0. The van der Waals surface area contributed by atoms with Crippen molar-refractivity contribution in [3.05, 3.63) is 0 Å². The lowest BCUT2D eigenvalue weighted by Crippen LogP contribution is -1.83. The first-order valence-corrected chi connectivity index (χ1v) is 9.77. The van der Waals surface area contributed by atoms with Crippen molar-refractivity contribution < 1.29 is 5.48 Å². The van der Waals surface area contributed by atoms with Crippen LogP contribution in [-0.4, -0.2) is 15.7 Å². The Kier molecular flexibility index (Phi) is 24.1. The minimum Gasteiger partial charge on any atom is -0.412 e. The lowest BCUT2D eigenvalue weighted by molar-refractivity contribution is 0.531. The predicted octanol–water partition coefficient (Wildman–Crippen LogP) is 6.01. The van der Waals surface area contributed by atoms with Gasteiger partial charge in [-0.05, 0) is 0 Å². The van der Waals surface area contributed by atoms with Gasteiger partial charge in [0.2, 0.25) is 0 Å². The SMILES string of the molecule is CCCCCCCCCCCCCCCCCC[Si].O. The lowest BCUT2D eigenvalue weighted by Gasteiger charge is -2.03. The molecule has 0 spiro atoms. The fraction of sp³-hybridized carbons (Fsp3) is 1.00. The van der Waals surface area contributed by atoms with E-state index in [1.165, 1.54) is 109 Å². The monoisotopic (exact) mass is 299 g/mol. The van der Waals surface area contributed by atoms with Gasteiger partial charge in [-0.15, -0.1) is 0 Å². The average Bonchev–Trinajstić information content (AvgIpc) is 2.43. The van der Waals surface area contributed by atoms with E-state index in [0.29, 0.717) is 0 Å². The first kappa shape index (κ1) is 22.5. The largest absolute Gasteiger partial charge is 0.412 e. The van der Waals surface area contributed by atoms with Crippen molar-refractivity contribution in [2.45, 2.75) is 116 Å². The first-order valence-electron chi connectivity index (χ1n) is 9.06. The summed E-state index contributed by atoms with van der Waals surface area (Å²) in [6, 6.07) is 1.18. The fourth-order valence-electron chi connectivity index (χ4n) is 2.67. The molecule has 3 radical (unpaired) electrons. The Morgan fingerprint density at radius 1 is 0.450 bits per heavy atom. The van der Waals surface area contributed by atoms with Crippen LogP contribution in [0.15, 0.2) is 0 Å². The second-order valence-electron chi connectivity index (χ2n) is 6.05. The van der Waals surface area contributed by atoms with E-state index in [9.17, 15) is 0 Å². The highest BCUT2D eigenvalue weighted by Crippen LogP contribution is 2.13. The Hall–Kier alpha value is 0.177. The molecule has 0 aliphatic heterocycles. The summed E-state index contributed by atoms with van der Waals surface area (Å²) in [6.45, 7) is 2.29. The van der Waals surface area contributed by atoms with Gasteiger partial charge in [-0.1, -0.05) is 116 Å². The highest BCUT2D eigenvalue weighted by molar-refractivity contribution is 6.08. The molecule has 1 nitrogen and oxygen atoms in total. The molecule has 0 saturated heterocycles. The third kappa shape index (κ3) is 20.5. The smallest absolute Gasteiger partial charge is 0.0222 e. The van der Waals surface area contributed by atoms with Crippen LogP contribution in [0.5, 0.6) is 0 Å². The minimum atomic E-state index is 0. The number of hydrogen-bond donors (Lipinski definition) is 0. The third-order valence-electron chi connectivity index (χ3n) is 4.03. The summed E-state index contributed by atoms with van der Waals surface area (Å²) in [5.74, 6) is 0. The Morgan fingerprint density at radius 3 is 0.950 bits per heavy atom. The van der Waals surface area contributed by atoms with E-state index in [2.05, 4.69) is 17.2 Å². The van der Waals surface area contributed by atoms with E-state index in [1.54, 1.807) is 0 Å². The van der Waals surface area contributed by atoms with Gasteiger partial charge in [0.25, 0.3) is 0 Å². The highest BCUT2D eigenvalue weighted by atomic mass is 28.1. The average molecular weight is 300 g/mol. The van der Waals surface area contributed by atoms with Gasteiger partial charge in [0.15, 0.2) is 0 Å². The zero-order chi connectivity index (χ0) is 14.0. The number of unbranched alkanes of at least 4 members (excludes halogenated alkanes) is 15. The van der Waals surface area contributed by atoms with Crippen molar-refractivity contribution in [1.82, 2.24) is 0 Å². The quantitative estimate of drug-likeness (QED) is 0.247. The molecule has 0 aliphatic rings. The van der Waals surface area contributed by atoms with Gasteiger partial charge in [0, 0.05) is 10.2 Å². The molecular formula is C18H39OSi. The van der Waals surface area contributed by atoms with Crippen LogP contribution >= 0.6 is 0 Å². The summed E-state index contributed by atoms with van der Waals surface area (Å²) in [6.07, 6.45) is 23.3. The molecule has 0 saturated carbocycles. The van der Waals surface area contributed by atoms with Gasteiger partial charge >= 0.3 is 0 Å². The Bertz CT molecular complexity index is 134. The summed E-state index contributed by atoms with van der Waals surface area (Å²) in [4.78, 5) is 0. The van der Waals surface area contributed by atoms with Crippen LogP contribution in [0.2, 0.25) is 6.04 Å². The van der Waals surface area contributed by atoms with Crippen molar-refractivity contribution in [3.8, 4) is 0 Å². The van der Waals surface area contributed by atoms with E-state index in [1.807, 2.05) is 0 Å². The third-order valence-corrected chi connectivity index (χ3v) is 4.38. The molecule has 2 N–H and O–H groups in total. The highest BCUT2D eigenvalue weighted by Gasteiger charge is 1.94. The van der Waals surface area contributed by atoms with E-state index >= 15 is 0 Å². The second kappa shape index (κ2) is 21.5. The molecule has 0 amide bonds. The standard InChI is InChI=1S/C18H37Si.H2O/c1-2-3-4-5-6-7-8-9-10-11-12-13-14-15-16-17-18-19;/h2-18H2,1H3;1H2. The zero-order valence-corrected chi connectivity index (χ0v) is 15.0. The molecule has 2 heteroatoms. The van der Waals surface area contributed by atoms with Crippen LogP contribution in [0.1, 0.15) is 110 Å². The van der Waals surface area contributed by atoms with Gasteiger partial charge in [-0.2, -0.15) is 0 Å². The normalized spacial score (nSPS) is 10.5. The maximum absolute atomic E-state index is 3.53. The predicted molar refractivity (Wildman–Crippen MR) is 93.7 cm³/mol. The molecule has 0 aromatic heterocycles. The summed E-state index contributed by atoms with van der Waals surface area (Å²) < 4.78 is 0. The summed E-state index contributed by atoms with van der Waals surface area (Å²) >= 11 is 0. The van der Waals surface area contributed by atoms with E-state index in [-0.39, 0.29) is 5.48 Å². The maximum atomic E-state index is 3.53. The molecule has 20 heavy (non-hydrogen) atoms. The van der Waals surface area contributed by atoms with Crippen molar-refractivity contribution in [1.29, 1.82) is 0 Å². The molecule has 0 heterocycles. The first-order chi connectivity index (χ1) is 9.41. The molecule has 0 aromatic rings. The van der Waals surface area contributed by atoms with Crippen LogP contribution in [0.4, 0.5) is 0 Å². The van der Waals surface area contributed by atoms with Crippen LogP contribution in [0, 0.1) is 0 Å². The minimum absolute atomic E-state index is 0. The van der Waals surface area contributed by atoms with Crippen molar-refractivity contribution in [2.75, 3.05) is 0 Å². The van der Waals surface area contributed by atoms with Crippen molar-refractivity contribution >= 4 is 10.2 Å². The Labute approximate surface area is 132 Å². The van der Waals surface area contributed by atoms with E-state index in [4.69, 9.17) is 0 Å². The van der Waals surface area contributed by atoms with E-state index in [0.717, 1.165) is 0 Å². The molecule has 0 rings (SSSR count). The second-order valence-corrected chi connectivity index (χ2v) is 6.55. The summed E-state index contributed by atoms with van der Waals surface area (Å²) in [5.41, 5.74) is 0. The van der Waals surface area contributed by atoms with Crippen LogP contribution in [0.3, 0.4) is 0 Å². The van der Waals surface area contributed by atoms with Gasteiger partial charge in [0.05, 0.1) is 0 Å². The van der Waals surface area contributed by atoms with Gasteiger partial charge < -0.3 is 5.48 Å². The van der Waals surface area contributed by atoms with Crippen LogP contribution in [0.25, 0.3) is 0 Å². The van der Waals surface area contributed by atoms with Crippen LogP contribution < -0.4 is 0 Å². The number of hydrogen-bond acceptors (Lipinski definition) is 0. The van der Waals surface area contributed by atoms with E-state index < -0.39 is 0 Å². The van der Waals surface area contributed by atoms with Gasteiger partial charge in [-0.3, -0.25) is 0 Å². The molecule has 0 atom stereocenters. The topological polar surface area (TPSA) is 31.5 Å². The lowest BCUT2D eigenvalue weighted by atomic mass is 10.0. The van der Waals surface area contributed by atoms with Crippen molar-refractivity contribution in [2.24, 2.45) is 0 Å². The summed E-state index contributed by atoms with van der Waals surface area (Å²) in [7, 11) is 3.53. The Morgan fingerprint density at radius 2 is 0.700 bits per heavy atom. The van der Waals surface area contributed by atoms with Gasteiger partial charge in [-0.25, -0.2) is 0 Å². The fourth-order valence-corrected chi connectivity index (χ4v) is 2.92. The Balaban J connectivity index is 0. The molecule has 0 fully saturated rings. The maximum Gasteiger partial charge on any atom is 0.0222 e. The van der Waals surface area contributed by atoms with Gasteiger partial charge in [0.1, 0.15) is 0 Å². The van der Waals surface area contributed by atoms with Crippen LogP contribution in [-0.2, 0) is 0 Å². The summed E-state index contributed by atoms with van der Waals surface area (Å²) in [5, 5.41) is 0.